The highest BCUT2D eigenvalue weighted by Gasteiger charge is 2.14. The number of nitrogens with one attached hydrogen (secondary N) is 1. The minimum atomic E-state index is 0.00764. The summed E-state index contributed by atoms with van der Waals surface area (Å²) in [5.74, 6) is 0.894. The zero-order valence-electron chi connectivity index (χ0n) is 12.5. The minimum absolute atomic E-state index is 0.00764. The normalized spacial score (nSPS) is 16.7. The molecule has 1 rings (SSSR count). The van der Waals surface area contributed by atoms with Crippen LogP contribution in [-0.2, 0) is 9.53 Å². The lowest BCUT2D eigenvalue weighted by Crippen LogP contribution is -2.34. The van der Waals surface area contributed by atoms with Gasteiger partial charge in [-0.05, 0) is 31.9 Å². The highest BCUT2D eigenvalue weighted by Crippen LogP contribution is 2.18. The van der Waals surface area contributed by atoms with Gasteiger partial charge in [-0.3, -0.25) is 4.79 Å². The highest BCUT2D eigenvalue weighted by molar-refractivity contribution is 5.97. The van der Waals surface area contributed by atoms with E-state index in [2.05, 4.69) is 19.2 Å². The van der Waals surface area contributed by atoms with Crippen molar-refractivity contribution in [2.45, 2.75) is 52.5 Å². The first-order chi connectivity index (χ1) is 9.10. The first-order valence-corrected chi connectivity index (χ1v) is 7.03. The van der Waals surface area contributed by atoms with Crippen molar-refractivity contribution < 1.29 is 9.53 Å². The van der Waals surface area contributed by atoms with Gasteiger partial charge in [-0.1, -0.05) is 31.9 Å². The van der Waals surface area contributed by atoms with Gasteiger partial charge in [0.15, 0.2) is 0 Å². The van der Waals surface area contributed by atoms with Crippen molar-refractivity contribution >= 4 is 5.91 Å². The smallest absolute Gasteiger partial charge is 0.251 e. The molecule has 1 unspecified atom stereocenters. The summed E-state index contributed by atoms with van der Waals surface area (Å²) >= 11 is 0. The summed E-state index contributed by atoms with van der Waals surface area (Å²) in [5, 5.41) is 3.10. The van der Waals surface area contributed by atoms with E-state index in [-0.39, 0.29) is 11.9 Å². The van der Waals surface area contributed by atoms with Gasteiger partial charge < -0.3 is 10.1 Å². The van der Waals surface area contributed by atoms with Crippen molar-refractivity contribution in [2.24, 2.45) is 0 Å². The fourth-order valence-corrected chi connectivity index (χ4v) is 2.16. The summed E-state index contributed by atoms with van der Waals surface area (Å²) in [6, 6.07) is 0.265. The molecule has 0 heterocycles. The molecule has 3 heteroatoms. The largest absolute Gasteiger partial charge is 0.501 e. The summed E-state index contributed by atoms with van der Waals surface area (Å²) in [7, 11) is 1.66. The first kappa shape index (κ1) is 15.5. The van der Waals surface area contributed by atoms with Crippen LogP contribution >= 0.6 is 0 Å². The summed E-state index contributed by atoms with van der Waals surface area (Å²) in [6.45, 7) is 6.26. The van der Waals surface area contributed by atoms with Gasteiger partial charge in [-0.25, -0.2) is 0 Å². The molecule has 1 atom stereocenters. The number of rotatable bonds is 6. The number of ether oxygens (including phenoxy) is 1. The molecular formula is C16H25NO2. The van der Waals surface area contributed by atoms with Gasteiger partial charge in [0, 0.05) is 18.0 Å². The monoisotopic (exact) mass is 263 g/mol. The van der Waals surface area contributed by atoms with E-state index in [4.69, 9.17) is 4.74 Å². The number of carbonyl (C=O) groups excluding carboxylic acids is 1. The van der Waals surface area contributed by atoms with Crippen molar-refractivity contribution in [1.82, 2.24) is 5.32 Å². The number of amides is 1. The van der Waals surface area contributed by atoms with Crippen LogP contribution in [0.5, 0.6) is 0 Å². The molecule has 3 nitrogen and oxygen atoms in total. The molecule has 1 N–H and O–H groups in total. The van der Waals surface area contributed by atoms with Crippen LogP contribution in [-0.4, -0.2) is 19.1 Å². The molecule has 0 spiro atoms. The molecule has 0 saturated heterocycles. The van der Waals surface area contributed by atoms with Crippen LogP contribution < -0.4 is 5.32 Å². The maximum absolute atomic E-state index is 12.2. The van der Waals surface area contributed by atoms with Crippen LogP contribution in [0.2, 0.25) is 0 Å². The molecule has 1 amide bonds. The average Bonchev–Trinajstić information content (AvgIpc) is 2.59. The third-order valence-electron chi connectivity index (χ3n) is 3.29. The van der Waals surface area contributed by atoms with E-state index in [9.17, 15) is 4.79 Å². The summed E-state index contributed by atoms with van der Waals surface area (Å²) in [6.07, 6.45) is 9.49. The molecule has 19 heavy (non-hydrogen) atoms. The van der Waals surface area contributed by atoms with Crippen molar-refractivity contribution in [3.8, 4) is 0 Å². The van der Waals surface area contributed by atoms with Crippen LogP contribution in [0.3, 0.4) is 0 Å². The minimum Gasteiger partial charge on any atom is -0.501 e. The van der Waals surface area contributed by atoms with Crippen molar-refractivity contribution in [1.29, 1.82) is 0 Å². The topological polar surface area (TPSA) is 38.3 Å². The molecule has 0 radical (unpaired) electrons. The first-order valence-electron chi connectivity index (χ1n) is 7.03. The molecule has 0 aliphatic heterocycles. The molecule has 0 aromatic heterocycles. The number of methoxy groups -OCH3 is 1. The van der Waals surface area contributed by atoms with E-state index in [1.165, 1.54) is 0 Å². The fraction of sp³-hybridized carbons (Fsp3) is 0.562. The van der Waals surface area contributed by atoms with Gasteiger partial charge >= 0.3 is 0 Å². The Morgan fingerprint density at radius 3 is 2.74 bits per heavy atom. The van der Waals surface area contributed by atoms with Gasteiger partial charge in [0.05, 0.1) is 12.9 Å². The van der Waals surface area contributed by atoms with Crippen LogP contribution in [0.25, 0.3) is 0 Å². The lowest BCUT2D eigenvalue weighted by atomic mass is 10.1. The maximum Gasteiger partial charge on any atom is 0.251 e. The molecule has 106 valence electrons. The van der Waals surface area contributed by atoms with E-state index in [0.29, 0.717) is 5.57 Å². The molecule has 1 aliphatic carbocycles. The van der Waals surface area contributed by atoms with E-state index in [1.807, 2.05) is 25.2 Å². The molecule has 0 aromatic rings. The van der Waals surface area contributed by atoms with Crippen LogP contribution in [0.15, 0.2) is 35.1 Å². The Morgan fingerprint density at radius 2 is 2.16 bits per heavy atom. The Bertz CT molecular complexity index is 405. The van der Waals surface area contributed by atoms with Crippen molar-refractivity contribution in [3.05, 3.63) is 35.1 Å². The Hall–Kier alpha value is -1.51. The van der Waals surface area contributed by atoms with Gasteiger partial charge in [-0.2, -0.15) is 0 Å². The third-order valence-corrected chi connectivity index (χ3v) is 3.29. The zero-order chi connectivity index (χ0) is 14.3. The van der Waals surface area contributed by atoms with Crippen LogP contribution in [0.1, 0.15) is 46.5 Å². The molecule has 1 aliphatic rings. The van der Waals surface area contributed by atoms with E-state index in [0.717, 1.165) is 37.0 Å². The van der Waals surface area contributed by atoms with Gasteiger partial charge in [0.2, 0.25) is 0 Å². The Balaban J connectivity index is 2.77. The van der Waals surface area contributed by atoms with E-state index >= 15 is 0 Å². The number of allylic oxidation sites excluding steroid dienone is 3. The number of hydrogen-bond acceptors (Lipinski definition) is 2. The van der Waals surface area contributed by atoms with Crippen LogP contribution in [0.4, 0.5) is 0 Å². The average molecular weight is 263 g/mol. The highest BCUT2D eigenvalue weighted by atomic mass is 16.5. The predicted octanol–water partition coefficient (Wildman–Crippen LogP) is 3.49. The maximum atomic E-state index is 12.2. The predicted molar refractivity (Wildman–Crippen MR) is 78.7 cm³/mol. The Kier molecular flexibility index (Phi) is 6.40. The number of hydrogen-bond donors (Lipinski definition) is 1. The molecule has 0 fully saturated rings. The standard InChI is InChI=1S/C16H25NO2/c1-5-7-14(6-2)17-16(18)13-8-9-15(19-4)11-12(3)10-13/h8-10,14H,5-7,11H2,1-4H3,(H,17,18). The van der Waals surface area contributed by atoms with Crippen molar-refractivity contribution in [2.75, 3.05) is 7.11 Å². The Morgan fingerprint density at radius 1 is 1.42 bits per heavy atom. The molecule has 0 bridgehead atoms. The van der Waals surface area contributed by atoms with E-state index in [1.54, 1.807) is 7.11 Å². The van der Waals surface area contributed by atoms with Crippen molar-refractivity contribution in [3.63, 3.8) is 0 Å². The Labute approximate surface area is 116 Å². The third kappa shape index (κ3) is 4.93. The second-order valence-corrected chi connectivity index (χ2v) is 4.99. The summed E-state index contributed by atoms with van der Waals surface area (Å²) in [5.41, 5.74) is 1.84. The molecule has 0 saturated carbocycles. The second-order valence-electron chi connectivity index (χ2n) is 4.99. The van der Waals surface area contributed by atoms with E-state index < -0.39 is 0 Å². The van der Waals surface area contributed by atoms with Gasteiger partial charge in [0.25, 0.3) is 5.91 Å². The zero-order valence-corrected chi connectivity index (χ0v) is 12.5. The van der Waals surface area contributed by atoms with Gasteiger partial charge in [-0.15, -0.1) is 0 Å². The number of carbonyl (C=O) groups is 1. The van der Waals surface area contributed by atoms with Crippen LogP contribution in [0, 0.1) is 0 Å². The van der Waals surface area contributed by atoms with Gasteiger partial charge in [0.1, 0.15) is 0 Å². The fourth-order valence-electron chi connectivity index (χ4n) is 2.16. The second kappa shape index (κ2) is 7.82. The lowest BCUT2D eigenvalue weighted by molar-refractivity contribution is -0.117. The lowest BCUT2D eigenvalue weighted by Gasteiger charge is -2.16. The SMILES string of the molecule is CCCC(CC)NC(=O)C1=CC=C(OC)CC(C)=C1. The summed E-state index contributed by atoms with van der Waals surface area (Å²) < 4.78 is 5.25. The molecule has 0 aromatic carbocycles. The quantitative estimate of drug-likeness (QED) is 0.796. The molecular weight excluding hydrogens is 238 g/mol. The summed E-state index contributed by atoms with van der Waals surface area (Å²) in [4.78, 5) is 12.2.